The quantitative estimate of drug-likeness (QED) is 0.768. The Balaban J connectivity index is 3.01. The first kappa shape index (κ1) is 11.7. The van der Waals surface area contributed by atoms with Crippen LogP contribution in [0.3, 0.4) is 0 Å². The fraction of sp³-hybridized carbons (Fsp3) is 0.417. The van der Waals surface area contributed by atoms with E-state index in [1.807, 2.05) is 26.0 Å². The van der Waals surface area contributed by atoms with E-state index in [2.05, 4.69) is 0 Å². The van der Waals surface area contributed by atoms with Crippen molar-refractivity contribution in [3.63, 3.8) is 0 Å². The summed E-state index contributed by atoms with van der Waals surface area (Å²) in [6, 6.07) is 6.68. The highest BCUT2D eigenvalue weighted by molar-refractivity contribution is 6.02. The number of ether oxygens (including phenoxy) is 1. The minimum absolute atomic E-state index is 0.0482. The third-order valence-corrected chi connectivity index (χ3v) is 1.93. The van der Waals surface area contributed by atoms with E-state index >= 15 is 0 Å². The Kier molecular flexibility index (Phi) is 3.86. The number of hydrogen-bond donors (Lipinski definition) is 1. The van der Waals surface area contributed by atoms with Crippen molar-refractivity contribution >= 4 is 5.78 Å². The Labute approximate surface area is 90.2 Å². The van der Waals surface area contributed by atoms with Gasteiger partial charge in [-0.3, -0.25) is 4.79 Å². The van der Waals surface area contributed by atoms with Gasteiger partial charge < -0.3 is 10.5 Å². The van der Waals surface area contributed by atoms with Crippen molar-refractivity contribution < 1.29 is 9.53 Å². The lowest BCUT2D eigenvalue weighted by atomic mass is 10.1. The molecule has 0 radical (unpaired) electrons. The van der Waals surface area contributed by atoms with E-state index < -0.39 is 6.04 Å². The summed E-state index contributed by atoms with van der Waals surface area (Å²) in [6.45, 7) is 5.52. The summed E-state index contributed by atoms with van der Waals surface area (Å²) < 4.78 is 5.54. The molecule has 0 fully saturated rings. The van der Waals surface area contributed by atoms with Crippen LogP contribution < -0.4 is 10.5 Å². The van der Waals surface area contributed by atoms with Crippen molar-refractivity contribution in [3.05, 3.63) is 29.8 Å². The van der Waals surface area contributed by atoms with E-state index in [9.17, 15) is 4.79 Å². The minimum Gasteiger partial charge on any atom is -0.490 e. The van der Waals surface area contributed by atoms with Crippen molar-refractivity contribution in [2.45, 2.75) is 32.9 Å². The topological polar surface area (TPSA) is 52.3 Å². The molecule has 0 heterocycles. The Morgan fingerprint density at radius 2 is 1.87 bits per heavy atom. The number of para-hydroxylation sites is 1. The fourth-order valence-corrected chi connectivity index (χ4v) is 1.27. The zero-order chi connectivity index (χ0) is 11.4. The number of Topliss-reactive ketones (excluding diaryl/α,β-unsaturated/α-hetero) is 1. The highest BCUT2D eigenvalue weighted by atomic mass is 16.5. The van der Waals surface area contributed by atoms with E-state index in [1.54, 1.807) is 19.1 Å². The van der Waals surface area contributed by atoms with Crippen molar-refractivity contribution in [2.24, 2.45) is 5.73 Å². The molecular weight excluding hydrogens is 190 g/mol. The number of benzene rings is 1. The molecule has 1 unspecified atom stereocenters. The molecule has 1 atom stereocenters. The summed E-state index contributed by atoms with van der Waals surface area (Å²) in [7, 11) is 0. The van der Waals surface area contributed by atoms with Crippen LogP contribution >= 0.6 is 0 Å². The zero-order valence-electron chi connectivity index (χ0n) is 9.36. The first-order chi connectivity index (χ1) is 7.02. The van der Waals surface area contributed by atoms with E-state index in [0.29, 0.717) is 11.3 Å². The van der Waals surface area contributed by atoms with Crippen molar-refractivity contribution in [2.75, 3.05) is 0 Å². The maximum Gasteiger partial charge on any atom is 0.182 e. The number of hydrogen-bond acceptors (Lipinski definition) is 3. The highest BCUT2D eigenvalue weighted by Gasteiger charge is 2.15. The smallest absolute Gasteiger partial charge is 0.182 e. The molecular formula is C12H17NO2. The number of carbonyl (C=O) groups is 1. The lowest BCUT2D eigenvalue weighted by Gasteiger charge is -2.14. The molecule has 0 aliphatic rings. The first-order valence-electron chi connectivity index (χ1n) is 5.08. The zero-order valence-corrected chi connectivity index (χ0v) is 9.36. The van der Waals surface area contributed by atoms with Gasteiger partial charge in [0.05, 0.1) is 17.7 Å². The molecule has 0 saturated carbocycles. The van der Waals surface area contributed by atoms with Crippen LogP contribution in [0.1, 0.15) is 31.1 Å². The van der Waals surface area contributed by atoms with Gasteiger partial charge in [-0.1, -0.05) is 12.1 Å². The molecule has 1 aromatic rings. The summed E-state index contributed by atoms with van der Waals surface area (Å²) in [5.41, 5.74) is 6.12. The van der Waals surface area contributed by atoms with Crippen LogP contribution in [0.5, 0.6) is 5.75 Å². The fourth-order valence-electron chi connectivity index (χ4n) is 1.27. The van der Waals surface area contributed by atoms with Gasteiger partial charge in [-0.15, -0.1) is 0 Å². The summed E-state index contributed by atoms with van der Waals surface area (Å²) in [5, 5.41) is 0. The molecule has 1 rings (SSSR count). The van der Waals surface area contributed by atoms with E-state index in [0.717, 1.165) is 0 Å². The van der Waals surface area contributed by atoms with Crippen LogP contribution in [0, 0.1) is 0 Å². The summed E-state index contributed by atoms with van der Waals surface area (Å²) in [6.07, 6.45) is 0.0482. The predicted octanol–water partition coefficient (Wildman–Crippen LogP) is 2.00. The first-order valence-corrected chi connectivity index (χ1v) is 5.08. The normalized spacial score (nSPS) is 12.6. The Hall–Kier alpha value is -1.35. The molecule has 0 spiro atoms. The molecule has 82 valence electrons. The molecule has 3 heteroatoms. The minimum atomic E-state index is -0.498. The molecule has 0 saturated heterocycles. The van der Waals surface area contributed by atoms with Crippen LogP contribution in [0.4, 0.5) is 0 Å². The Bertz CT molecular complexity index is 345. The van der Waals surface area contributed by atoms with Crippen molar-refractivity contribution in [1.29, 1.82) is 0 Å². The molecule has 15 heavy (non-hydrogen) atoms. The van der Waals surface area contributed by atoms with Crippen LogP contribution in [-0.4, -0.2) is 17.9 Å². The number of carbonyl (C=O) groups excluding carboxylic acids is 1. The Morgan fingerprint density at radius 3 is 2.40 bits per heavy atom. The van der Waals surface area contributed by atoms with Gasteiger partial charge >= 0.3 is 0 Å². The van der Waals surface area contributed by atoms with E-state index in [4.69, 9.17) is 10.5 Å². The maximum absolute atomic E-state index is 11.7. The van der Waals surface area contributed by atoms with Crippen LogP contribution in [-0.2, 0) is 0 Å². The lowest BCUT2D eigenvalue weighted by Crippen LogP contribution is -2.27. The molecule has 0 bridgehead atoms. The maximum atomic E-state index is 11.7. The largest absolute Gasteiger partial charge is 0.490 e. The average molecular weight is 207 g/mol. The second-order valence-corrected chi connectivity index (χ2v) is 3.82. The van der Waals surface area contributed by atoms with Gasteiger partial charge in [0, 0.05) is 0 Å². The second-order valence-electron chi connectivity index (χ2n) is 3.82. The van der Waals surface area contributed by atoms with Gasteiger partial charge in [0.15, 0.2) is 5.78 Å². The molecule has 0 aliphatic carbocycles. The van der Waals surface area contributed by atoms with Crippen LogP contribution in [0.25, 0.3) is 0 Å². The van der Waals surface area contributed by atoms with Crippen molar-refractivity contribution in [3.8, 4) is 5.75 Å². The monoisotopic (exact) mass is 207 g/mol. The lowest BCUT2D eigenvalue weighted by molar-refractivity contribution is 0.0962. The molecule has 1 aromatic carbocycles. The summed E-state index contributed by atoms with van der Waals surface area (Å²) in [5.74, 6) is 0.515. The number of rotatable bonds is 4. The SMILES string of the molecule is CC(C)Oc1ccccc1C(=O)C(C)N. The van der Waals surface area contributed by atoms with Gasteiger partial charge in [0.25, 0.3) is 0 Å². The predicted molar refractivity (Wildman–Crippen MR) is 60.2 cm³/mol. The van der Waals surface area contributed by atoms with Gasteiger partial charge in [-0.25, -0.2) is 0 Å². The van der Waals surface area contributed by atoms with Crippen LogP contribution in [0.2, 0.25) is 0 Å². The highest BCUT2D eigenvalue weighted by Crippen LogP contribution is 2.20. The summed E-state index contributed by atoms with van der Waals surface area (Å²) in [4.78, 5) is 11.7. The van der Waals surface area contributed by atoms with Crippen molar-refractivity contribution in [1.82, 2.24) is 0 Å². The van der Waals surface area contributed by atoms with E-state index in [-0.39, 0.29) is 11.9 Å². The molecule has 0 aromatic heterocycles. The van der Waals surface area contributed by atoms with Crippen LogP contribution in [0.15, 0.2) is 24.3 Å². The number of ketones is 1. The third kappa shape index (κ3) is 3.06. The average Bonchev–Trinajstić information content (AvgIpc) is 2.16. The van der Waals surface area contributed by atoms with Gasteiger partial charge in [0.1, 0.15) is 5.75 Å². The molecule has 0 amide bonds. The Morgan fingerprint density at radius 1 is 1.27 bits per heavy atom. The molecule has 3 nitrogen and oxygen atoms in total. The molecule has 0 aliphatic heterocycles. The van der Waals surface area contributed by atoms with E-state index in [1.165, 1.54) is 0 Å². The summed E-state index contributed by atoms with van der Waals surface area (Å²) >= 11 is 0. The third-order valence-electron chi connectivity index (χ3n) is 1.93. The van der Waals surface area contributed by atoms with Gasteiger partial charge in [-0.2, -0.15) is 0 Å². The number of nitrogens with two attached hydrogens (primary N) is 1. The second kappa shape index (κ2) is 4.94. The van der Waals surface area contributed by atoms with Gasteiger partial charge in [0.2, 0.25) is 0 Å². The van der Waals surface area contributed by atoms with Gasteiger partial charge in [-0.05, 0) is 32.9 Å². The molecule has 2 N–H and O–H groups in total. The standard InChI is InChI=1S/C12H17NO2/c1-8(2)15-11-7-5-4-6-10(11)12(14)9(3)13/h4-9H,13H2,1-3H3.